The van der Waals surface area contributed by atoms with Crippen LogP contribution in [-0.2, 0) is 9.59 Å². The Labute approximate surface area is 176 Å². The molecule has 0 saturated heterocycles. The van der Waals surface area contributed by atoms with Crippen molar-refractivity contribution in [2.24, 2.45) is 0 Å². The number of likely N-dealkylation sites (N-methyl/N-ethyl adjacent to an activating group) is 1. The Morgan fingerprint density at radius 1 is 0.929 bits per heavy atom. The Morgan fingerprint density at radius 3 is 2.36 bits per heavy atom. The summed E-state index contributed by atoms with van der Waals surface area (Å²) in [4.78, 5) is 30.3. The largest absolute Gasteiger partial charge is 0.339 e. The van der Waals surface area contributed by atoms with Crippen LogP contribution in [0.15, 0.2) is 71.7 Å². The van der Waals surface area contributed by atoms with Gasteiger partial charge in [0.25, 0.3) is 11.8 Å². The highest BCUT2D eigenvalue weighted by atomic mass is 35.5. The Balaban J connectivity index is 1.88. The Morgan fingerprint density at radius 2 is 1.68 bits per heavy atom. The van der Waals surface area contributed by atoms with Crippen molar-refractivity contribution in [3.63, 3.8) is 0 Å². The number of nitrogens with zero attached hydrogens (tertiary/aromatic N) is 2. The van der Waals surface area contributed by atoms with Gasteiger partial charge in [-0.25, -0.2) is 4.90 Å². The molecule has 4 nitrogen and oxygen atoms in total. The molecule has 2 amide bonds. The van der Waals surface area contributed by atoms with Crippen molar-refractivity contribution in [1.29, 1.82) is 0 Å². The molecule has 7 heteroatoms. The van der Waals surface area contributed by atoms with Gasteiger partial charge in [0.05, 0.1) is 16.3 Å². The molecule has 1 aliphatic rings. The fraction of sp³-hybridized carbons (Fsp3) is 0.0476. The molecule has 0 bridgehead atoms. The van der Waals surface area contributed by atoms with Gasteiger partial charge in [0, 0.05) is 22.6 Å². The van der Waals surface area contributed by atoms with Crippen molar-refractivity contribution < 1.29 is 9.59 Å². The fourth-order valence-corrected chi connectivity index (χ4v) is 4.26. The average Bonchev–Trinajstić information content (AvgIpc) is 3.30. The molecule has 28 heavy (non-hydrogen) atoms. The zero-order chi connectivity index (χ0) is 19.8. The van der Waals surface area contributed by atoms with Gasteiger partial charge in [0.1, 0.15) is 5.70 Å². The summed E-state index contributed by atoms with van der Waals surface area (Å²) in [5.41, 5.74) is 1.72. The molecule has 140 valence electrons. The lowest BCUT2D eigenvalue weighted by atomic mass is 10.1. The normalized spacial score (nSPS) is 14.2. The zero-order valence-corrected chi connectivity index (χ0v) is 17.1. The molecular weight excluding hydrogens is 415 g/mol. The molecule has 0 radical (unpaired) electrons. The van der Waals surface area contributed by atoms with E-state index in [0.717, 1.165) is 15.5 Å². The molecule has 0 spiro atoms. The molecule has 3 aromatic rings. The third-order valence-electron chi connectivity index (χ3n) is 4.45. The van der Waals surface area contributed by atoms with E-state index in [-0.39, 0.29) is 10.7 Å². The van der Waals surface area contributed by atoms with Crippen molar-refractivity contribution in [1.82, 2.24) is 0 Å². The molecule has 0 unspecified atom stereocenters. The molecule has 0 atom stereocenters. The molecule has 0 aliphatic carbocycles. The molecule has 0 saturated carbocycles. The van der Waals surface area contributed by atoms with Crippen molar-refractivity contribution >= 4 is 63.3 Å². The highest BCUT2D eigenvalue weighted by Crippen LogP contribution is 2.40. The van der Waals surface area contributed by atoms with Crippen molar-refractivity contribution in [2.75, 3.05) is 16.8 Å². The SMILES string of the molecule is CN(C1=C(c2cccs2)C(=O)N(c2cc(Cl)ccc2Cl)C1=O)c1ccccc1. The molecule has 1 aliphatic heterocycles. The summed E-state index contributed by atoms with van der Waals surface area (Å²) in [6.07, 6.45) is 0. The number of benzene rings is 2. The van der Waals surface area contributed by atoms with Crippen LogP contribution >= 0.6 is 34.5 Å². The first-order valence-electron chi connectivity index (χ1n) is 8.40. The third kappa shape index (κ3) is 3.11. The first-order chi connectivity index (χ1) is 13.5. The number of carbonyl (C=O) groups excluding carboxylic acids is 2. The maximum Gasteiger partial charge on any atom is 0.282 e. The number of hydrogen-bond donors (Lipinski definition) is 0. The summed E-state index contributed by atoms with van der Waals surface area (Å²) in [5.74, 6) is -0.863. The minimum absolute atomic E-state index is 0.273. The first kappa shape index (κ1) is 18.7. The molecule has 1 aromatic heterocycles. The number of rotatable bonds is 4. The van der Waals surface area contributed by atoms with Crippen LogP contribution in [0.2, 0.25) is 10.0 Å². The second-order valence-corrected chi connectivity index (χ2v) is 7.93. The lowest BCUT2D eigenvalue weighted by molar-refractivity contribution is -0.120. The van der Waals surface area contributed by atoms with E-state index < -0.39 is 11.8 Å². The monoisotopic (exact) mass is 428 g/mol. The number of hydrogen-bond acceptors (Lipinski definition) is 4. The molecule has 4 rings (SSSR count). The van der Waals surface area contributed by atoms with E-state index in [0.29, 0.717) is 16.3 Å². The van der Waals surface area contributed by atoms with Crippen LogP contribution in [0, 0.1) is 0 Å². The highest BCUT2D eigenvalue weighted by Gasteiger charge is 2.43. The van der Waals surface area contributed by atoms with Crippen LogP contribution in [0.1, 0.15) is 4.88 Å². The van der Waals surface area contributed by atoms with Crippen LogP contribution < -0.4 is 9.80 Å². The molecular formula is C21H14Cl2N2O2S. The van der Waals surface area contributed by atoms with Crippen molar-refractivity contribution in [3.05, 3.63) is 86.7 Å². The van der Waals surface area contributed by atoms with Crippen LogP contribution in [0.5, 0.6) is 0 Å². The molecule has 2 aromatic carbocycles. The molecule has 2 heterocycles. The number of thiophene rings is 1. The zero-order valence-electron chi connectivity index (χ0n) is 14.7. The Hall–Kier alpha value is -2.60. The second-order valence-electron chi connectivity index (χ2n) is 6.14. The van der Waals surface area contributed by atoms with E-state index in [2.05, 4.69) is 0 Å². The Bertz CT molecular complexity index is 1090. The number of anilines is 2. The fourth-order valence-electron chi connectivity index (χ4n) is 3.13. The van der Waals surface area contributed by atoms with Gasteiger partial charge in [-0.05, 0) is 41.8 Å². The molecule has 0 N–H and O–H groups in total. The maximum atomic E-state index is 13.4. The first-order valence-corrected chi connectivity index (χ1v) is 10.0. The van der Waals surface area contributed by atoms with E-state index in [9.17, 15) is 9.59 Å². The lowest BCUT2D eigenvalue weighted by Crippen LogP contribution is -2.34. The Kier molecular flexibility index (Phi) is 4.98. The summed E-state index contributed by atoms with van der Waals surface area (Å²) in [7, 11) is 1.77. The maximum absolute atomic E-state index is 13.4. The minimum atomic E-state index is -0.441. The van der Waals surface area contributed by atoms with Gasteiger partial charge in [-0.1, -0.05) is 47.5 Å². The smallest absolute Gasteiger partial charge is 0.282 e. The standard InChI is InChI=1S/C21H14Cl2N2O2S/c1-24(14-6-3-2-4-7-14)19-18(17-8-5-11-28-17)20(26)25(21(19)27)16-12-13(22)9-10-15(16)23/h2-12H,1H3. The van der Waals surface area contributed by atoms with Gasteiger partial charge >= 0.3 is 0 Å². The number of amides is 2. The summed E-state index contributed by atoms with van der Waals surface area (Å²) in [6, 6.07) is 17.8. The lowest BCUT2D eigenvalue weighted by Gasteiger charge is -2.22. The van der Waals surface area contributed by atoms with E-state index in [4.69, 9.17) is 23.2 Å². The number of imide groups is 1. The van der Waals surface area contributed by atoms with E-state index >= 15 is 0 Å². The topological polar surface area (TPSA) is 40.6 Å². The predicted octanol–water partition coefficient (Wildman–Crippen LogP) is 5.48. The van der Waals surface area contributed by atoms with Gasteiger partial charge in [0.2, 0.25) is 0 Å². The van der Waals surface area contributed by atoms with Gasteiger partial charge in [-0.15, -0.1) is 11.3 Å². The van der Waals surface area contributed by atoms with Crippen molar-refractivity contribution in [2.45, 2.75) is 0 Å². The van der Waals surface area contributed by atoms with Crippen molar-refractivity contribution in [3.8, 4) is 0 Å². The van der Waals surface area contributed by atoms with E-state index in [1.165, 1.54) is 17.4 Å². The van der Waals surface area contributed by atoms with Gasteiger partial charge in [0.15, 0.2) is 0 Å². The van der Waals surface area contributed by atoms with Gasteiger partial charge in [-0.3, -0.25) is 9.59 Å². The quantitative estimate of drug-likeness (QED) is 0.516. The van der Waals surface area contributed by atoms with E-state index in [1.54, 1.807) is 24.1 Å². The summed E-state index contributed by atoms with van der Waals surface area (Å²) in [5, 5.41) is 2.54. The number of halogens is 2. The summed E-state index contributed by atoms with van der Waals surface area (Å²) < 4.78 is 0. The predicted molar refractivity (Wildman–Crippen MR) is 115 cm³/mol. The molecule has 0 fully saturated rings. The van der Waals surface area contributed by atoms with Gasteiger partial charge in [-0.2, -0.15) is 0 Å². The average molecular weight is 429 g/mol. The minimum Gasteiger partial charge on any atom is -0.339 e. The second kappa shape index (κ2) is 7.43. The summed E-state index contributed by atoms with van der Waals surface area (Å²) >= 11 is 13.8. The van der Waals surface area contributed by atoms with Gasteiger partial charge < -0.3 is 4.90 Å². The van der Waals surface area contributed by atoms with Crippen LogP contribution in [0.25, 0.3) is 5.57 Å². The van der Waals surface area contributed by atoms with Crippen LogP contribution in [0.4, 0.5) is 11.4 Å². The van der Waals surface area contributed by atoms with Crippen LogP contribution in [-0.4, -0.2) is 18.9 Å². The van der Waals surface area contributed by atoms with Crippen LogP contribution in [0.3, 0.4) is 0 Å². The number of carbonyl (C=O) groups is 2. The highest BCUT2D eigenvalue weighted by molar-refractivity contribution is 7.11. The third-order valence-corrected chi connectivity index (χ3v) is 5.90. The van der Waals surface area contributed by atoms with E-state index in [1.807, 2.05) is 47.8 Å². The number of para-hydroxylation sites is 1. The summed E-state index contributed by atoms with van der Waals surface area (Å²) in [6.45, 7) is 0.